The Morgan fingerprint density at radius 1 is 1.47 bits per heavy atom. The molecule has 5 heteroatoms. The molecule has 0 unspecified atom stereocenters. The number of hydrogen-bond donors (Lipinski definition) is 1. The topological polar surface area (TPSA) is 59.3 Å². The van der Waals surface area contributed by atoms with Crippen molar-refractivity contribution in [2.24, 2.45) is 0 Å². The normalized spacial score (nSPS) is 10.5. The molecule has 0 radical (unpaired) electrons. The van der Waals surface area contributed by atoms with Crippen molar-refractivity contribution in [3.63, 3.8) is 0 Å². The first-order valence-corrected chi connectivity index (χ1v) is 4.51. The number of halogens is 1. The molecule has 0 fully saturated rings. The summed E-state index contributed by atoms with van der Waals surface area (Å²) in [5.41, 5.74) is 0.656. The number of hydrogen-bond acceptors (Lipinski definition) is 2. The van der Waals surface area contributed by atoms with Crippen LogP contribution in [-0.4, -0.2) is 22.1 Å². The van der Waals surface area contributed by atoms with Crippen molar-refractivity contribution < 1.29 is 14.7 Å². The number of para-hydroxylation sites is 1. The van der Waals surface area contributed by atoms with Crippen LogP contribution in [0.5, 0.6) is 0 Å². The minimum atomic E-state index is -1.17. The van der Waals surface area contributed by atoms with Crippen LogP contribution >= 0.6 is 11.6 Å². The Labute approximate surface area is 89.7 Å². The van der Waals surface area contributed by atoms with Crippen molar-refractivity contribution >= 4 is 34.9 Å². The van der Waals surface area contributed by atoms with E-state index in [0.717, 1.165) is 4.57 Å². The van der Waals surface area contributed by atoms with Gasteiger partial charge in [0.15, 0.2) is 6.29 Å². The van der Waals surface area contributed by atoms with Crippen molar-refractivity contribution in [2.75, 3.05) is 0 Å². The van der Waals surface area contributed by atoms with Crippen LogP contribution in [0, 0.1) is 0 Å². The van der Waals surface area contributed by atoms with Crippen LogP contribution in [0.4, 0.5) is 4.79 Å². The largest absolute Gasteiger partial charge is 0.464 e. The van der Waals surface area contributed by atoms with Crippen molar-refractivity contribution in [3.8, 4) is 0 Å². The minimum absolute atomic E-state index is 0.308. The van der Waals surface area contributed by atoms with Crippen molar-refractivity contribution in [1.82, 2.24) is 4.57 Å². The molecule has 76 valence electrons. The maximum atomic E-state index is 10.9. The molecule has 1 aromatic carbocycles. The molecular formula is C10H6ClNO3. The van der Waals surface area contributed by atoms with Gasteiger partial charge in [-0.05, 0) is 6.07 Å². The molecular weight excluding hydrogens is 218 g/mol. The third-order valence-corrected chi connectivity index (χ3v) is 2.44. The van der Waals surface area contributed by atoms with Crippen LogP contribution in [0.1, 0.15) is 10.4 Å². The monoisotopic (exact) mass is 223 g/mol. The van der Waals surface area contributed by atoms with E-state index in [1.165, 1.54) is 6.20 Å². The SMILES string of the molecule is O=Cc1cn(C(=O)O)c2c(Cl)cccc12. The maximum Gasteiger partial charge on any atom is 0.416 e. The van der Waals surface area contributed by atoms with Gasteiger partial charge in [-0.15, -0.1) is 0 Å². The average Bonchev–Trinajstić information content (AvgIpc) is 2.58. The highest BCUT2D eigenvalue weighted by molar-refractivity contribution is 6.35. The molecule has 15 heavy (non-hydrogen) atoms. The molecule has 0 aliphatic carbocycles. The molecule has 2 aromatic rings. The number of carbonyl (C=O) groups excluding carboxylic acids is 1. The van der Waals surface area contributed by atoms with Gasteiger partial charge in [0.2, 0.25) is 0 Å². The fourth-order valence-electron chi connectivity index (χ4n) is 1.51. The smallest absolute Gasteiger partial charge is 0.416 e. The van der Waals surface area contributed by atoms with E-state index in [-0.39, 0.29) is 0 Å². The van der Waals surface area contributed by atoms with Crippen molar-refractivity contribution in [3.05, 3.63) is 35.0 Å². The quantitative estimate of drug-likeness (QED) is 0.756. The minimum Gasteiger partial charge on any atom is -0.464 e. The first-order valence-electron chi connectivity index (χ1n) is 4.13. The zero-order valence-corrected chi connectivity index (χ0v) is 8.23. The fraction of sp³-hybridized carbons (Fsp3) is 0. The Balaban J connectivity index is 2.94. The van der Waals surface area contributed by atoms with E-state index in [2.05, 4.69) is 0 Å². The van der Waals surface area contributed by atoms with E-state index in [9.17, 15) is 9.59 Å². The molecule has 4 nitrogen and oxygen atoms in total. The van der Waals surface area contributed by atoms with Gasteiger partial charge in [0, 0.05) is 17.1 Å². The van der Waals surface area contributed by atoms with Gasteiger partial charge in [0.1, 0.15) is 0 Å². The van der Waals surface area contributed by atoms with E-state index < -0.39 is 6.09 Å². The first kappa shape index (κ1) is 9.73. The average molecular weight is 224 g/mol. The number of carbonyl (C=O) groups is 2. The van der Waals surface area contributed by atoms with E-state index in [0.29, 0.717) is 27.8 Å². The van der Waals surface area contributed by atoms with Crippen LogP contribution in [0.3, 0.4) is 0 Å². The highest BCUT2D eigenvalue weighted by Crippen LogP contribution is 2.26. The van der Waals surface area contributed by atoms with Gasteiger partial charge < -0.3 is 5.11 Å². The van der Waals surface area contributed by atoms with Crippen molar-refractivity contribution in [2.45, 2.75) is 0 Å². The lowest BCUT2D eigenvalue weighted by atomic mass is 10.2. The summed E-state index contributed by atoms with van der Waals surface area (Å²) in [5, 5.41) is 9.75. The zero-order valence-electron chi connectivity index (χ0n) is 7.48. The summed E-state index contributed by atoms with van der Waals surface area (Å²) < 4.78 is 0.946. The van der Waals surface area contributed by atoms with Gasteiger partial charge >= 0.3 is 6.09 Å². The molecule has 1 aromatic heterocycles. The van der Waals surface area contributed by atoms with Gasteiger partial charge in [-0.1, -0.05) is 23.7 Å². The summed E-state index contributed by atoms with van der Waals surface area (Å²) in [6, 6.07) is 4.91. The number of aromatic nitrogens is 1. The number of carboxylic acid groups (broad SMARTS) is 1. The van der Waals surface area contributed by atoms with E-state index in [4.69, 9.17) is 16.7 Å². The number of fused-ring (bicyclic) bond motifs is 1. The van der Waals surface area contributed by atoms with Gasteiger partial charge in [-0.2, -0.15) is 0 Å². The van der Waals surface area contributed by atoms with E-state index in [1.54, 1.807) is 18.2 Å². The fourth-order valence-corrected chi connectivity index (χ4v) is 1.78. The molecule has 0 atom stereocenters. The van der Waals surface area contributed by atoms with E-state index in [1.807, 2.05) is 0 Å². The Morgan fingerprint density at radius 2 is 2.20 bits per heavy atom. The molecule has 0 bridgehead atoms. The second-order valence-electron chi connectivity index (χ2n) is 2.99. The molecule has 0 saturated carbocycles. The summed E-state index contributed by atoms with van der Waals surface area (Å²) in [6.45, 7) is 0. The zero-order chi connectivity index (χ0) is 11.0. The van der Waals surface area contributed by atoms with Crippen molar-refractivity contribution in [1.29, 1.82) is 0 Å². The first-order chi connectivity index (χ1) is 7.15. The Morgan fingerprint density at radius 3 is 2.80 bits per heavy atom. The highest BCUT2D eigenvalue weighted by Gasteiger charge is 2.14. The van der Waals surface area contributed by atoms with Crippen LogP contribution in [0.15, 0.2) is 24.4 Å². The van der Waals surface area contributed by atoms with E-state index >= 15 is 0 Å². The Hall–Kier alpha value is -1.81. The molecule has 1 heterocycles. The summed E-state index contributed by atoms with van der Waals surface area (Å²) in [6.07, 6.45) is 0.700. The van der Waals surface area contributed by atoms with Gasteiger partial charge in [-0.3, -0.25) is 9.36 Å². The molecule has 2 rings (SSSR count). The summed E-state index contributed by atoms with van der Waals surface area (Å²) in [5.74, 6) is 0. The lowest BCUT2D eigenvalue weighted by Crippen LogP contribution is -2.05. The lowest BCUT2D eigenvalue weighted by molar-refractivity contribution is 0.112. The highest BCUT2D eigenvalue weighted by atomic mass is 35.5. The third kappa shape index (κ3) is 1.39. The second kappa shape index (κ2) is 3.40. The molecule has 0 saturated heterocycles. The Bertz CT molecular complexity index is 559. The maximum absolute atomic E-state index is 10.9. The van der Waals surface area contributed by atoms with Crippen LogP contribution in [0.2, 0.25) is 5.02 Å². The van der Waals surface area contributed by atoms with Crippen LogP contribution in [-0.2, 0) is 0 Å². The Kier molecular flexibility index (Phi) is 2.21. The summed E-state index contributed by atoms with van der Waals surface area (Å²) in [4.78, 5) is 21.6. The number of benzene rings is 1. The molecule has 1 N–H and O–H groups in total. The van der Waals surface area contributed by atoms with Gasteiger partial charge in [0.25, 0.3) is 0 Å². The number of rotatable bonds is 1. The van der Waals surface area contributed by atoms with Gasteiger partial charge in [-0.25, -0.2) is 4.79 Å². The molecule has 0 aliphatic rings. The number of aldehydes is 1. The molecule has 0 aliphatic heterocycles. The van der Waals surface area contributed by atoms with Crippen LogP contribution < -0.4 is 0 Å². The van der Waals surface area contributed by atoms with Crippen LogP contribution in [0.25, 0.3) is 10.9 Å². The number of nitrogens with zero attached hydrogens (tertiary/aromatic N) is 1. The summed E-state index contributed by atoms with van der Waals surface area (Å²) >= 11 is 5.88. The predicted octanol–water partition coefficient (Wildman–Crippen LogP) is 2.63. The lowest BCUT2D eigenvalue weighted by Gasteiger charge is -1.98. The third-order valence-electron chi connectivity index (χ3n) is 2.14. The van der Waals surface area contributed by atoms with Gasteiger partial charge in [0.05, 0.1) is 10.5 Å². The molecule has 0 spiro atoms. The summed E-state index contributed by atoms with van der Waals surface area (Å²) in [7, 11) is 0. The predicted molar refractivity (Wildman–Crippen MR) is 55.8 cm³/mol. The standard InChI is InChI=1S/C10H6ClNO3/c11-8-3-1-2-7-6(5-13)4-12(9(7)8)10(14)15/h1-5H,(H,14,15). The second-order valence-corrected chi connectivity index (χ2v) is 3.40. The molecule has 0 amide bonds.